The van der Waals surface area contributed by atoms with Crippen molar-refractivity contribution in [1.82, 2.24) is 4.90 Å². The summed E-state index contributed by atoms with van der Waals surface area (Å²) in [6, 6.07) is 12.5. The smallest absolute Gasteiger partial charge is 0.257 e. The van der Waals surface area contributed by atoms with Crippen LogP contribution in [0.2, 0.25) is 0 Å². The van der Waals surface area contributed by atoms with E-state index in [9.17, 15) is 9.90 Å². The number of rotatable bonds is 4. The average Bonchev–Trinajstić information content (AvgIpc) is 2.61. The number of benzene rings is 2. The number of aromatic hydroxyl groups is 1. The summed E-state index contributed by atoms with van der Waals surface area (Å²) >= 11 is 0. The number of fused-ring (bicyclic) bond motifs is 1. The van der Waals surface area contributed by atoms with E-state index in [1.54, 1.807) is 23.1 Å². The molecule has 2 aromatic carbocycles. The second kappa shape index (κ2) is 6.83. The van der Waals surface area contributed by atoms with E-state index in [4.69, 9.17) is 9.47 Å². The molecule has 3 rings (SSSR count). The molecule has 0 saturated heterocycles. The summed E-state index contributed by atoms with van der Waals surface area (Å²) in [5.74, 6) is 1.20. The molecule has 5 heteroatoms. The number of phenolic OH excluding ortho intramolecular Hbond substituents is 1. The van der Waals surface area contributed by atoms with E-state index in [1.165, 1.54) is 0 Å². The van der Waals surface area contributed by atoms with Gasteiger partial charge in [-0.15, -0.1) is 0 Å². The number of amides is 1. The lowest BCUT2D eigenvalue weighted by Gasteiger charge is -2.31. The van der Waals surface area contributed by atoms with E-state index in [-0.39, 0.29) is 17.8 Å². The third-order valence-electron chi connectivity index (χ3n) is 4.04. The number of phenols is 1. The van der Waals surface area contributed by atoms with Gasteiger partial charge in [0.2, 0.25) is 0 Å². The summed E-state index contributed by atoms with van der Waals surface area (Å²) in [5, 5.41) is 9.98. The van der Waals surface area contributed by atoms with Gasteiger partial charge in [0.25, 0.3) is 5.91 Å². The van der Waals surface area contributed by atoms with Gasteiger partial charge in [0.05, 0.1) is 12.1 Å². The quantitative estimate of drug-likeness (QED) is 0.938. The number of para-hydroxylation sites is 2. The standard InChI is InChI=1S/C19H21NO4/c1-3-20(19(22)15-10-13(2)8-9-16(15)21)11-14-12-23-17-6-4-5-7-18(17)24-14/h4-10,14,21H,3,11-12H2,1-2H3. The maximum absolute atomic E-state index is 12.7. The summed E-state index contributed by atoms with van der Waals surface area (Å²) in [6.07, 6.45) is -0.240. The summed E-state index contributed by atoms with van der Waals surface area (Å²) in [6.45, 7) is 5.11. The fourth-order valence-corrected chi connectivity index (χ4v) is 2.75. The zero-order chi connectivity index (χ0) is 17.1. The maximum atomic E-state index is 12.7. The lowest BCUT2D eigenvalue weighted by atomic mass is 10.1. The Hall–Kier alpha value is -2.69. The molecule has 2 aromatic rings. The summed E-state index contributed by atoms with van der Waals surface area (Å²) in [4.78, 5) is 14.4. The van der Waals surface area contributed by atoms with Gasteiger partial charge in [0.15, 0.2) is 17.6 Å². The first kappa shape index (κ1) is 16.2. The Bertz CT molecular complexity index is 744. The zero-order valence-corrected chi connectivity index (χ0v) is 13.9. The minimum atomic E-state index is -0.240. The van der Waals surface area contributed by atoms with Crippen LogP contribution in [0.4, 0.5) is 0 Å². The van der Waals surface area contributed by atoms with Crippen LogP contribution in [0.25, 0.3) is 0 Å². The molecule has 1 atom stereocenters. The zero-order valence-electron chi connectivity index (χ0n) is 13.9. The fourth-order valence-electron chi connectivity index (χ4n) is 2.75. The Balaban J connectivity index is 1.73. The first-order valence-corrected chi connectivity index (χ1v) is 8.06. The van der Waals surface area contributed by atoms with Crippen molar-refractivity contribution in [2.75, 3.05) is 19.7 Å². The molecular weight excluding hydrogens is 306 g/mol. The van der Waals surface area contributed by atoms with Crippen molar-refractivity contribution >= 4 is 5.91 Å². The minimum absolute atomic E-state index is 0.00444. The van der Waals surface area contributed by atoms with E-state index in [0.717, 1.165) is 11.3 Å². The second-order valence-corrected chi connectivity index (χ2v) is 5.86. The van der Waals surface area contributed by atoms with Crippen molar-refractivity contribution in [3.05, 3.63) is 53.6 Å². The number of hydrogen-bond donors (Lipinski definition) is 1. The Kier molecular flexibility index (Phi) is 4.60. The molecule has 1 N–H and O–H groups in total. The Morgan fingerprint density at radius 1 is 1.25 bits per heavy atom. The van der Waals surface area contributed by atoms with E-state index >= 15 is 0 Å². The van der Waals surface area contributed by atoms with Gasteiger partial charge in [-0.2, -0.15) is 0 Å². The van der Waals surface area contributed by atoms with Crippen LogP contribution in [-0.2, 0) is 0 Å². The second-order valence-electron chi connectivity index (χ2n) is 5.86. The lowest BCUT2D eigenvalue weighted by molar-refractivity contribution is 0.0473. The van der Waals surface area contributed by atoms with Crippen LogP contribution in [0.5, 0.6) is 17.2 Å². The minimum Gasteiger partial charge on any atom is -0.507 e. The van der Waals surface area contributed by atoms with Crippen molar-refractivity contribution in [3.63, 3.8) is 0 Å². The molecule has 0 radical (unpaired) electrons. The van der Waals surface area contributed by atoms with Crippen LogP contribution in [-0.4, -0.2) is 41.7 Å². The van der Waals surface area contributed by atoms with Gasteiger partial charge < -0.3 is 19.5 Å². The van der Waals surface area contributed by atoms with Crippen molar-refractivity contribution in [3.8, 4) is 17.2 Å². The number of likely N-dealkylation sites (N-methyl/N-ethyl adjacent to an activating group) is 1. The highest BCUT2D eigenvalue weighted by atomic mass is 16.6. The van der Waals surface area contributed by atoms with Crippen LogP contribution in [0.1, 0.15) is 22.8 Å². The fraction of sp³-hybridized carbons (Fsp3) is 0.316. The van der Waals surface area contributed by atoms with Crippen molar-refractivity contribution in [2.24, 2.45) is 0 Å². The number of aryl methyl sites for hydroxylation is 1. The Morgan fingerprint density at radius 3 is 2.75 bits per heavy atom. The highest BCUT2D eigenvalue weighted by Crippen LogP contribution is 2.31. The Labute approximate surface area is 141 Å². The number of nitrogens with zero attached hydrogens (tertiary/aromatic N) is 1. The molecule has 0 aliphatic carbocycles. The number of hydrogen-bond acceptors (Lipinski definition) is 4. The first-order chi connectivity index (χ1) is 11.6. The molecule has 24 heavy (non-hydrogen) atoms. The maximum Gasteiger partial charge on any atom is 0.257 e. The highest BCUT2D eigenvalue weighted by molar-refractivity contribution is 5.97. The third-order valence-corrected chi connectivity index (χ3v) is 4.04. The third kappa shape index (κ3) is 3.30. The topological polar surface area (TPSA) is 59.0 Å². The van der Waals surface area contributed by atoms with Crippen molar-refractivity contribution < 1.29 is 19.4 Å². The van der Waals surface area contributed by atoms with Crippen LogP contribution < -0.4 is 9.47 Å². The van der Waals surface area contributed by atoms with E-state index < -0.39 is 0 Å². The molecule has 0 fully saturated rings. The van der Waals surface area contributed by atoms with Gasteiger partial charge >= 0.3 is 0 Å². The molecule has 0 aromatic heterocycles. The van der Waals surface area contributed by atoms with Crippen molar-refractivity contribution in [1.29, 1.82) is 0 Å². The lowest BCUT2D eigenvalue weighted by Crippen LogP contribution is -2.43. The van der Waals surface area contributed by atoms with Gasteiger partial charge in [-0.05, 0) is 38.1 Å². The Morgan fingerprint density at radius 2 is 2.00 bits per heavy atom. The van der Waals surface area contributed by atoms with Gasteiger partial charge in [-0.25, -0.2) is 0 Å². The van der Waals surface area contributed by atoms with Gasteiger partial charge in [0, 0.05) is 6.54 Å². The molecule has 1 aliphatic rings. The summed E-state index contributed by atoms with van der Waals surface area (Å²) in [7, 11) is 0. The average molecular weight is 327 g/mol. The van der Waals surface area contributed by atoms with Crippen molar-refractivity contribution in [2.45, 2.75) is 20.0 Å². The number of carbonyl (C=O) groups excluding carboxylic acids is 1. The van der Waals surface area contributed by atoms with Crippen LogP contribution in [0.3, 0.4) is 0 Å². The molecule has 1 aliphatic heterocycles. The molecule has 0 saturated carbocycles. The molecule has 5 nitrogen and oxygen atoms in total. The molecule has 0 bridgehead atoms. The molecular formula is C19H21NO4. The summed E-state index contributed by atoms with van der Waals surface area (Å²) < 4.78 is 11.6. The van der Waals surface area contributed by atoms with Crippen LogP contribution in [0, 0.1) is 6.92 Å². The monoisotopic (exact) mass is 327 g/mol. The van der Waals surface area contributed by atoms with Gasteiger partial charge in [-0.1, -0.05) is 23.8 Å². The molecule has 1 heterocycles. The van der Waals surface area contributed by atoms with Gasteiger partial charge in [-0.3, -0.25) is 4.79 Å². The van der Waals surface area contributed by atoms with E-state index in [1.807, 2.05) is 38.1 Å². The van der Waals surface area contributed by atoms with E-state index in [0.29, 0.717) is 31.0 Å². The number of ether oxygens (including phenoxy) is 2. The summed E-state index contributed by atoms with van der Waals surface area (Å²) in [5.41, 5.74) is 1.24. The van der Waals surface area contributed by atoms with Crippen LogP contribution >= 0.6 is 0 Å². The normalized spacial score (nSPS) is 15.8. The van der Waals surface area contributed by atoms with Gasteiger partial charge in [0.1, 0.15) is 12.4 Å². The predicted octanol–water partition coefficient (Wildman–Crippen LogP) is 3.00. The molecule has 1 unspecified atom stereocenters. The number of carbonyl (C=O) groups is 1. The predicted molar refractivity (Wildman–Crippen MR) is 90.8 cm³/mol. The highest BCUT2D eigenvalue weighted by Gasteiger charge is 2.26. The largest absolute Gasteiger partial charge is 0.507 e. The van der Waals surface area contributed by atoms with Crippen LogP contribution in [0.15, 0.2) is 42.5 Å². The molecule has 1 amide bonds. The molecule has 126 valence electrons. The molecule has 0 spiro atoms. The van der Waals surface area contributed by atoms with E-state index in [2.05, 4.69) is 0 Å². The first-order valence-electron chi connectivity index (χ1n) is 8.06. The SMILES string of the molecule is CCN(CC1COc2ccccc2O1)C(=O)c1cc(C)ccc1O.